The molecule has 3 rings (SSSR count). The number of hydrogen-bond donors (Lipinski definition) is 2. The van der Waals surface area contributed by atoms with Crippen molar-refractivity contribution in [1.29, 1.82) is 0 Å². The van der Waals surface area contributed by atoms with Crippen molar-refractivity contribution in [2.75, 3.05) is 5.32 Å². The molecule has 2 N–H and O–H groups in total. The van der Waals surface area contributed by atoms with E-state index in [0.717, 1.165) is 10.8 Å². The Hall–Kier alpha value is -4.07. The third-order valence-corrected chi connectivity index (χ3v) is 3.73. The molecule has 3 aromatic carbocycles. The van der Waals surface area contributed by atoms with Gasteiger partial charge in [-0.3, -0.25) is 19.7 Å². The average Bonchev–Trinajstić information content (AvgIpc) is 2.68. The molecule has 134 valence electrons. The van der Waals surface area contributed by atoms with E-state index in [1.807, 2.05) is 30.3 Å². The number of nitro groups is 1. The second-order valence-corrected chi connectivity index (χ2v) is 5.53. The molecule has 0 aliphatic rings. The molecule has 0 bridgehead atoms. The Labute approximate surface area is 153 Å². The molecule has 0 atom stereocenters. The molecule has 0 fully saturated rings. The summed E-state index contributed by atoms with van der Waals surface area (Å²) in [5.41, 5.74) is 3.13. The molecule has 27 heavy (non-hydrogen) atoms. The number of carbonyl (C=O) groups is 2. The van der Waals surface area contributed by atoms with Crippen LogP contribution >= 0.6 is 0 Å². The molecule has 0 aliphatic heterocycles. The molecule has 0 aliphatic carbocycles. The highest BCUT2D eigenvalue weighted by Crippen LogP contribution is 2.22. The van der Waals surface area contributed by atoms with E-state index in [9.17, 15) is 19.7 Å². The first-order chi connectivity index (χ1) is 13.0. The van der Waals surface area contributed by atoms with Crippen LogP contribution in [0.15, 0.2) is 71.8 Å². The minimum absolute atomic E-state index is 0.0503. The monoisotopic (exact) mass is 362 g/mol. The first-order valence-corrected chi connectivity index (χ1v) is 7.91. The van der Waals surface area contributed by atoms with Gasteiger partial charge in [-0.2, -0.15) is 5.10 Å². The number of nitrogens with one attached hydrogen (secondary N) is 2. The summed E-state index contributed by atoms with van der Waals surface area (Å²) in [4.78, 5) is 34.0. The smallest absolute Gasteiger partial charge is 0.317 e. The van der Waals surface area contributed by atoms with Crippen molar-refractivity contribution in [3.05, 3.63) is 82.4 Å². The van der Waals surface area contributed by atoms with E-state index in [-0.39, 0.29) is 5.69 Å². The van der Waals surface area contributed by atoms with Gasteiger partial charge in [-0.25, -0.2) is 5.43 Å². The fourth-order valence-electron chi connectivity index (χ4n) is 2.41. The molecule has 2 amide bonds. The second-order valence-electron chi connectivity index (χ2n) is 5.53. The molecular formula is C19H14N4O4. The summed E-state index contributed by atoms with van der Waals surface area (Å²) in [6.45, 7) is 0. The summed E-state index contributed by atoms with van der Waals surface area (Å²) in [6.07, 6.45) is 1.28. The molecule has 0 heterocycles. The number of rotatable bonds is 4. The average molecular weight is 362 g/mol. The number of hydrogen-bond acceptors (Lipinski definition) is 5. The van der Waals surface area contributed by atoms with E-state index >= 15 is 0 Å². The van der Waals surface area contributed by atoms with E-state index in [0.29, 0.717) is 11.3 Å². The van der Waals surface area contributed by atoms with Crippen molar-refractivity contribution < 1.29 is 14.5 Å². The van der Waals surface area contributed by atoms with Gasteiger partial charge in [-0.15, -0.1) is 0 Å². The number of amides is 2. The minimum atomic E-state index is -0.930. The fourth-order valence-corrected chi connectivity index (χ4v) is 2.41. The second kappa shape index (κ2) is 7.87. The largest absolute Gasteiger partial charge is 0.329 e. The summed E-state index contributed by atoms with van der Waals surface area (Å²) >= 11 is 0. The van der Waals surface area contributed by atoms with Crippen molar-refractivity contribution in [2.45, 2.75) is 0 Å². The van der Waals surface area contributed by atoms with Crippen LogP contribution in [0, 0.1) is 10.1 Å². The van der Waals surface area contributed by atoms with Crippen LogP contribution in [0.5, 0.6) is 0 Å². The highest BCUT2D eigenvalue weighted by molar-refractivity contribution is 6.40. The lowest BCUT2D eigenvalue weighted by Gasteiger charge is -2.07. The number of nitro benzene ring substituents is 1. The summed E-state index contributed by atoms with van der Waals surface area (Å²) in [5, 5.41) is 18.6. The summed E-state index contributed by atoms with van der Waals surface area (Å²) in [7, 11) is 0. The van der Waals surface area contributed by atoms with Crippen molar-refractivity contribution in [3.8, 4) is 0 Å². The van der Waals surface area contributed by atoms with Gasteiger partial charge in [0.2, 0.25) is 0 Å². The molecule has 0 spiro atoms. The van der Waals surface area contributed by atoms with Gasteiger partial charge >= 0.3 is 11.8 Å². The standard InChI is InChI=1S/C19H14N4O4/c24-18(21-17-7-3-5-14-4-1-2-6-16(14)17)19(25)22-20-12-13-8-10-15(11-9-13)23(26)27/h1-12H,(H,21,24)(H,22,25)/b20-12-. The number of nitrogens with zero attached hydrogens (tertiary/aromatic N) is 2. The molecule has 0 saturated heterocycles. The van der Waals surface area contributed by atoms with Gasteiger partial charge in [0.05, 0.1) is 11.1 Å². The van der Waals surface area contributed by atoms with Crippen LogP contribution in [0.1, 0.15) is 5.56 Å². The maximum atomic E-state index is 12.0. The molecular weight excluding hydrogens is 348 g/mol. The third kappa shape index (κ3) is 4.31. The van der Waals surface area contributed by atoms with Gasteiger partial charge in [-0.1, -0.05) is 36.4 Å². The Bertz CT molecular complexity index is 1040. The van der Waals surface area contributed by atoms with Gasteiger partial charge < -0.3 is 5.32 Å². The SMILES string of the molecule is O=C(N/N=C\c1ccc([N+](=O)[O-])cc1)C(=O)Nc1cccc2ccccc12. The van der Waals surface area contributed by atoms with Crippen LogP contribution in [0.2, 0.25) is 0 Å². The number of carbonyl (C=O) groups excluding carboxylic acids is 2. The van der Waals surface area contributed by atoms with Crippen molar-refractivity contribution in [3.63, 3.8) is 0 Å². The van der Waals surface area contributed by atoms with Crippen molar-refractivity contribution in [2.24, 2.45) is 5.10 Å². The number of anilines is 1. The van der Waals surface area contributed by atoms with Crippen LogP contribution in [-0.4, -0.2) is 23.0 Å². The third-order valence-electron chi connectivity index (χ3n) is 3.73. The van der Waals surface area contributed by atoms with E-state index in [1.165, 1.54) is 30.5 Å². The minimum Gasteiger partial charge on any atom is -0.317 e. The van der Waals surface area contributed by atoms with Crippen LogP contribution in [0.3, 0.4) is 0 Å². The molecule has 0 unspecified atom stereocenters. The van der Waals surface area contributed by atoms with Gasteiger partial charge in [0.15, 0.2) is 0 Å². The van der Waals surface area contributed by atoms with Crippen LogP contribution in [-0.2, 0) is 9.59 Å². The van der Waals surface area contributed by atoms with Gasteiger partial charge in [0, 0.05) is 23.2 Å². The Morgan fingerprint density at radius 1 is 0.926 bits per heavy atom. The van der Waals surface area contributed by atoms with Gasteiger partial charge in [0.1, 0.15) is 0 Å². The maximum Gasteiger partial charge on any atom is 0.329 e. The molecule has 3 aromatic rings. The quantitative estimate of drug-likeness (QED) is 0.321. The highest BCUT2D eigenvalue weighted by atomic mass is 16.6. The Morgan fingerprint density at radius 2 is 1.63 bits per heavy atom. The Balaban J connectivity index is 1.62. The van der Waals surface area contributed by atoms with Crippen LogP contribution in [0.4, 0.5) is 11.4 Å². The molecule has 8 nitrogen and oxygen atoms in total. The first-order valence-electron chi connectivity index (χ1n) is 7.91. The van der Waals surface area contributed by atoms with Crippen molar-refractivity contribution in [1.82, 2.24) is 5.43 Å². The fraction of sp³-hybridized carbons (Fsp3) is 0. The molecule has 8 heteroatoms. The summed E-state index contributed by atoms with van der Waals surface area (Å²) in [5.74, 6) is -1.78. The van der Waals surface area contributed by atoms with Crippen LogP contribution in [0.25, 0.3) is 10.8 Å². The lowest BCUT2D eigenvalue weighted by atomic mass is 10.1. The maximum absolute atomic E-state index is 12.0. The van der Waals surface area contributed by atoms with Crippen molar-refractivity contribution >= 4 is 40.2 Å². The predicted molar refractivity (Wildman–Crippen MR) is 101 cm³/mol. The Kier molecular flexibility index (Phi) is 5.17. The first kappa shape index (κ1) is 17.7. The summed E-state index contributed by atoms with van der Waals surface area (Å²) in [6, 6.07) is 18.4. The topological polar surface area (TPSA) is 114 Å². The number of benzene rings is 3. The van der Waals surface area contributed by atoms with Gasteiger partial charge in [-0.05, 0) is 29.1 Å². The van der Waals surface area contributed by atoms with Gasteiger partial charge in [0.25, 0.3) is 5.69 Å². The zero-order valence-electron chi connectivity index (χ0n) is 14.0. The summed E-state index contributed by atoms with van der Waals surface area (Å²) < 4.78 is 0. The Morgan fingerprint density at radius 3 is 2.37 bits per heavy atom. The van der Waals surface area contributed by atoms with E-state index in [2.05, 4.69) is 15.8 Å². The highest BCUT2D eigenvalue weighted by Gasteiger charge is 2.14. The number of hydrazone groups is 1. The molecule has 0 radical (unpaired) electrons. The zero-order valence-corrected chi connectivity index (χ0v) is 14.0. The van der Waals surface area contributed by atoms with E-state index in [4.69, 9.17) is 0 Å². The van der Waals surface area contributed by atoms with E-state index < -0.39 is 16.7 Å². The van der Waals surface area contributed by atoms with E-state index in [1.54, 1.807) is 12.1 Å². The number of non-ortho nitro benzene ring substituents is 1. The zero-order chi connectivity index (χ0) is 19.2. The predicted octanol–water partition coefficient (Wildman–Crippen LogP) is 2.84. The lowest BCUT2D eigenvalue weighted by molar-refractivity contribution is -0.384. The molecule has 0 aromatic heterocycles. The lowest BCUT2D eigenvalue weighted by Crippen LogP contribution is -2.32. The molecule has 0 saturated carbocycles. The number of fused-ring (bicyclic) bond motifs is 1. The van der Waals surface area contributed by atoms with Crippen LogP contribution < -0.4 is 10.7 Å². The normalized spacial score (nSPS) is 10.7.